The van der Waals surface area contributed by atoms with Crippen LogP contribution in [0.15, 0.2) is 0 Å². The summed E-state index contributed by atoms with van der Waals surface area (Å²) >= 11 is 6.77. The van der Waals surface area contributed by atoms with Crippen molar-refractivity contribution in [2.45, 2.75) is 25.9 Å². The first kappa shape index (κ1) is 10.7. The molecule has 0 atom stereocenters. The molecule has 0 bridgehead atoms. The summed E-state index contributed by atoms with van der Waals surface area (Å²) in [6.07, 6.45) is 0.640. The molecule has 1 heterocycles. The average molecular weight is 222 g/mol. The fourth-order valence-corrected chi connectivity index (χ4v) is 1.45. The van der Waals surface area contributed by atoms with Crippen LogP contribution in [-0.2, 0) is 0 Å². The Bertz CT molecular complexity index is 271. The molecule has 0 aromatic carbocycles. The maximum Gasteiger partial charge on any atom is 0.186 e. The number of rotatable bonds is 4. The highest BCUT2D eigenvalue weighted by atomic mass is 35.5. The van der Waals surface area contributed by atoms with E-state index in [0.29, 0.717) is 23.9 Å². The second-order valence-electron chi connectivity index (χ2n) is 3.39. The zero-order valence-electron chi connectivity index (χ0n) is 7.54. The Morgan fingerprint density at radius 1 is 1.54 bits per heavy atom. The van der Waals surface area contributed by atoms with Gasteiger partial charge in [-0.05, 0) is 20.3 Å². The maximum atomic E-state index is 9.41. The van der Waals surface area contributed by atoms with Crippen LogP contribution in [-0.4, -0.2) is 26.0 Å². The van der Waals surface area contributed by atoms with Gasteiger partial charge in [-0.25, -0.2) is 0 Å². The van der Waals surface area contributed by atoms with E-state index in [0.717, 1.165) is 11.7 Å². The lowest BCUT2D eigenvalue weighted by atomic mass is 10.1. The van der Waals surface area contributed by atoms with E-state index in [4.69, 9.17) is 11.6 Å². The Hall–Kier alpha value is -0.390. The molecule has 0 fully saturated rings. The van der Waals surface area contributed by atoms with Crippen molar-refractivity contribution in [3.63, 3.8) is 0 Å². The SMILES string of the molecule is CC(C)(O)CCNc1nsnc1Cl. The largest absolute Gasteiger partial charge is 0.390 e. The molecular weight excluding hydrogens is 210 g/mol. The second-order valence-corrected chi connectivity index (χ2v) is 4.28. The summed E-state index contributed by atoms with van der Waals surface area (Å²) in [4.78, 5) is 0. The normalized spacial score (nSPS) is 11.7. The molecule has 0 saturated heterocycles. The van der Waals surface area contributed by atoms with Gasteiger partial charge in [0.15, 0.2) is 11.0 Å². The van der Waals surface area contributed by atoms with Crippen LogP contribution >= 0.6 is 23.3 Å². The molecule has 2 N–H and O–H groups in total. The molecule has 6 heteroatoms. The minimum Gasteiger partial charge on any atom is -0.390 e. The van der Waals surface area contributed by atoms with Crippen molar-refractivity contribution in [3.8, 4) is 0 Å². The Morgan fingerprint density at radius 2 is 2.23 bits per heavy atom. The molecule has 1 rings (SSSR count). The molecule has 1 aromatic heterocycles. The molecule has 1 aromatic rings. The quantitative estimate of drug-likeness (QED) is 0.814. The lowest BCUT2D eigenvalue weighted by Gasteiger charge is -2.16. The van der Waals surface area contributed by atoms with Crippen LogP contribution in [0.3, 0.4) is 0 Å². The van der Waals surface area contributed by atoms with Crippen LogP contribution in [0.4, 0.5) is 5.82 Å². The number of aliphatic hydroxyl groups is 1. The number of nitrogens with zero attached hydrogens (tertiary/aromatic N) is 2. The van der Waals surface area contributed by atoms with Crippen LogP contribution in [0.5, 0.6) is 0 Å². The molecule has 0 aliphatic rings. The van der Waals surface area contributed by atoms with Gasteiger partial charge in [0.1, 0.15) is 0 Å². The van der Waals surface area contributed by atoms with Gasteiger partial charge in [-0.3, -0.25) is 0 Å². The number of hydrogen-bond acceptors (Lipinski definition) is 5. The van der Waals surface area contributed by atoms with Crippen LogP contribution in [0.1, 0.15) is 20.3 Å². The first-order valence-corrected chi connectivity index (χ1v) is 5.04. The van der Waals surface area contributed by atoms with Gasteiger partial charge < -0.3 is 10.4 Å². The molecule has 0 spiro atoms. The maximum absolute atomic E-state index is 9.41. The third-order valence-electron chi connectivity index (χ3n) is 1.48. The number of anilines is 1. The van der Waals surface area contributed by atoms with E-state index < -0.39 is 5.60 Å². The Labute approximate surface area is 86.3 Å². The lowest BCUT2D eigenvalue weighted by Crippen LogP contribution is -2.22. The van der Waals surface area contributed by atoms with E-state index in [-0.39, 0.29) is 0 Å². The third kappa shape index (κ3) is 3.89. The van der Waals surface area contributed by atoms with Gasteiger partial charge in [0.05, 0.1) is 17.3 Å². The number of nitrogens with one attached hydrogen (secondary N) is 1. The summed E-state index contributed by atoms with van der Waals surface area (Å²) in [5, 5.41) is 12.8. The van der Waals surface area contributed by atoms with Crippen LogP contribution in [0.25, 0.3) is 0 Å². The van der Waals surface area contributed by atoms with E-state index in [1.54, 1.807) is 13.8 Å². The summed E-state index contributed by atoms with van der Waals surface area (Å²) in [6.45, 7) is 4.15. The summed E-state index contributed by atoms with van der Waals surface area (Å²) in [6, 6.07) is 0. The van der Waals surface area contributed by atoms with Crippen molar-refractivity contribution in [1.82, 2.24) is 8.75 Å². The lowest BCUT2D eigenvalue weighted by molar-refractivity contribution is 0.0748. The van der Waals surface area contributed by atoms with Gasteiger partial charge >= 0.3 is 0 Å². The minimum atomic E-state index is -0.664. The predicted molar refractivity (Wildman–Crippen MR) is 54.3 cm³/mol. The van der Waals surface area contributed by atoms with Crippen molar-refractivity contribution >= 4 is 29.1 Å². The van der Waals surface area contributed by atoms with Crippen molar-refractivity contribution in [1.29, 1.82) is 0 Å². The third-order valence-corrected chi connectivity index (χ3v) is 2.37. The van der Waals surface area contributed by atoms with E-state index in [1.165, 1.54) is 0 Å². The molecule has 4 nitrogen and oxygen atoms in total. The Balaban J connectivity index is 2.32. The molecule has 0 radical (unpaired) electrons. The Morgan fingerprint density at radius 3 is 2.69 bits per heavy atom. The summed E-state index contributed by atoms with van der Waals surface area (Å²) < 4.78 is 7.74. The van der Waals surface area contributed by atoms with E-state index >= 15 is 0 Å². The van der Waals surface area contributed by atoms with Gasteiger partial charge in [0.2, 0.25) is 0 Å². The molecular formula is C7H12ClN3OS. The van der Waals surface area contributed by atoms with Crippen molar-refractivity contribution in [2.24, 2.45) is 0 Å². The number of hydrogen-bond donors (Lipinski definition) is 2. The van der Waals surface area contributed by atoms with Gasteiger partial charge in [0.25, 0.3) is 0 Å². The highest BCUT2D eigenvalue weighted by molar-refractivity contribution is 6.99. The fourth-order valence-electron chi connectivity index (χ4n) is 0.770. The predicted octanol–water partition coefficient (Wildman–Crippen LogP) is 1.76. The van der Waals surface area contributed by atoms with Crippen molar-refractivity contribution in [3.05, 3.63) is 5.15 Å². The average Bonchev–Trinajstić information content (AvgIpc) is 2.34. The molecule has 0 aliphatic heterocycles. The standard InChI is InChI=1S/C7H12ClN3OS/c1-7(2,12)3-4-9-6-5(8)10-13-11-6/h12H,3-4H2,1-2H3,(H,9,11). The molecule has 13 heavy (non-hydrogen) atoms. The van der Waals surface area contributed by atoms with E-state index in [2.05, 4.69) is 14.1 Å². The monoisotopic (exact) mass is 221 g/mol. The first-order valence-electron chi connectivity index (χ1n) is 3.93. The summed E-state index contributed by atoms with van der Waals surface area (Å²) in [5.41, 5.74) is -0.664. The van der Waals surface area contributed by atoms with Gasteiger partial charge in [0, 0.05) is 6.54 Å². The summed E-state index contributed by atoms with van der Waals surface area (Å²) in [5.74, 6) is 0.593. The highest BCUT2D eigenvalue weighted by Crippen LogP contribution is 2.18. The smallest absolute Gasteiger partial charge is 0.186 e. The Kier molecular flexibility index (Phi) is 3.47. The fraction of sp³-hybridized carbons (Fsp3) is 0.714. The van der Waals surface area contributed by atoms with Crippen LogP contribution < -0.4 is 5.32 Å². The zero-order chi connectivity index (χ0) is 9.90. The molecule has 0 amide bonds. The summed E-state index contributed by atoms with van der Waals surface area (Å²) in [7, 11) is 0. The molecule has 0 aliphatic carbocycles. The second kappa shape index (κ2) is 4.21. The molecule has 0 unspecified atom stereocenters. The minimum absolute atomic E-state index is 0.390. The highest BCUT2D eigenvalue weighted by Gasteiger charge is 2.12. The molecule has 74 valence electrons. The van der Waals surface area contributed by atoms with Crippen molar-refractivity contribution < 1.29 is 5.11 Å². The number of halogens is 1. The van der Waals surface area contributed by atoms with Crippen LogP contribution in [0, 0.1) is 0 Å². The van der Waals surface area contributed by atoms with Gasteiger partial charge in [-0.15, -0.1) is 0 Å². The van der Waals surface area contributed by atoms with Gasteiger partial charge in [-0.2, -0.15) is 8.75 Å². The van der Waals surface area contributed by atoms with Crippen molar-refractivity contribution in [2.75, 3.05) is 11.9 Å². The first-order chi connectivity index (χ1) is 5.99. The molecule has 0 saturated carbocycles. The van der Waals surface area contributed by atoms with E-state index in [1.807, 2.05) is 0 Å². The van der Waals surface area contributed by atoms with Crippen LogP contribution in [0.2, 0.25) is 5.15 Å². The number of aromatic nitrogens is 2. The topological polar surface area (TPSA) is 58.0 Å². The zero-order valence-corrected chi connectivity index (χ0v) is 9.11. The van der Waals surface area contributed by atoms with E-state index in [9.17, 15) is 5.11 Å². The van der Waals surface area contributed by atoms with Gasteiger partial charge in [-0.1, -0.05) is 11.6 Å².